The minimum absolute atomic E-state index is 0.0245. The Balaban J connectivity index is 1.56. The van der Waals surface area contributed by atoms with Gasteiger partial charge in [0, 0.05) is 50.1 Å². The highest BCUT2D eigenvalue weighted by atomic mass is 32.1. The van der Waals surface area contributed by atoms with Crippen LogP contribution in [0.1, 0.15) is 27.1 Å². The number of aryl methyl sites for hydroxylation is 3. The van der Waals surface area contributed by atoms with Crippen molar-refractivity contribution in [1.29, 1.82) is 0 Å². The molecule has 23 heavy (non-hydrogen) atoms. The van der Waals surface area contributed by atoms with Crippen LogP contribution in [0.5, 0.6) is 0 Å². The first kappa shape index (κ1) is 16.1. The molecule has 3 rings (SSSR count). The van der Waals surface area contributed by atoms with Crippen LogP contribution < -0.4 is 10.6 Å². The number of nitrogens with zero attached hydrogens (tertiary/aromatic N) is 3. The molecule has 1 fully saturated rings. The van der Waals surface area contributed by atoms with Gasteiger partial charge in [0.25, 0.3) is 0 Å². The Morgan fingerprint density at radius 2 is 2.30 bits per heavy atom. The molecule has 3 heterocycles. The second-order valence-electron chi connectivity index (χ2n) is 6.10. The fourth-order valence-corrected chi connectivity index (χ4v) is 4.11. The van der Waals surface area contributed by atoms with Crippen LogP contribution in [0, 0.1) is 19.8 Å². The van der Waals surface area contributed by atoms with Crippen molar-refractivity contribution in [3.63, 3.8) is 0 Å². The average molecular weight is 333 g/mol. The van der Waals surface area contributed by atoms with Gasteiger partial charge in [-0.05, 0) is 19.4 Å². The van der Waals surface area contributed by atoms with Crippen LogP contribution in [0.4, 0.5) is 0 Å². The van der Waals surface area contributed by atoms with Crippen molar-refractivity contribution in [3.8, 4) is 0 Å². The molecule has 0 aromatic carbocycles. The number of thiazole rings is 1. The standard InChI is InChI=1S/C16H23N5OS/c1-10-15(23-11(2)20-10)4-5-18-16(22)14-8-17-7-13(14)12-6-19-21(3)9-12/h6,9,13-14,17H,4-5,7-8H2,1-3H3,(H,18,22)/t13-,14+/m1/s1. The van der Waals surface area contributed by atoms with E-state index in [4.69, 9.17) is 0 Å². The summed E-state index contributed by atoms with van der Waals surface area (Å²) in [5.41, 5.74) is 2.21. The van der Waals surface area contributed by atoms with Crippen molar-refractivity contribution in [2.24, 2.45) is 13.0 Å². The lowest BCUT2D eigenvalue weighted by atomic mass is 9.90. The number of nitrogens with one attached hydrogen (secondary N) is 2. The normalized spacial score (nSPS) is 20.8. The molecule has 1 aliphatic rings. The van der Waals surface area contributed by atoms with E-state index in [1.54, 1.807) is 16.0 Å². The molecule has 1 amide bonds. The highest BCUT2D eigenvalue weighted by molar-refractivity contribution is 7.11. The molecule has 2 aromatic rings. The molecule has 6 nitrogen and oxygen atoms in total. The number of amides is 1. The van der Waals surface area contributed by atoms with Gasteiger partial charge >= 0.3 is 0 Å². The van der Waals surface area contributed by atoms with Gasteiger partial charge < -0.3 is 10.6 Å². The Hall–Kier alpha value is -1.73. The number of hydrogen-bond acceptors (Lipinski definition) is 5. The molecule has 1 saturated heterocycles. The lowest BCUT2D eigenvalue weighted by Crippen LogP contribution is -2.35. The highest BCUT2D eigenvalue weighted by Crippen LogP contribution is 2.27. The van der Waals surface area contributed by atoms with Gasteiger partial charge in [-0.1, -0.05) is 0 Å². The van der Waals surface area contributed by atoms with Crippen LogP contribution in [0.15, 0.2) is 12.4 Å². The largest absolute Gasteiger partial charge is 0.355 e. The first-order valence-electron chi connectivity index (χ1n) is 7.94. The minimum Gasteiger partial charge on any atom is -0.355 e. The third kappa shape index (κ3) is 3.61. The summed E-state index contributed by atoms with van der Waals surface area (Å²) in [6.07, 6.45) is 4.71. The van der Waals surface area contributed by atoms with Gasteiger partial charge in [-0.2, -0.15) is 5.10 Å². The van der Waals surface area contributed by atoms with Gasteiger partial charge in [0.1, 0.15) is 0 Å². The SMILES string of the molecule is Cc1nc(C)c(CCNC(=O)[C@H]2CNC[C@@H]2c2cnn(C)c2)s1. The Kier molecular flexibility index (Phi) is 4.77. The number of hydrogen-bond donors (Lipinski definition) is 2. The maximum absolute atomic E-state index is 12.5. The molecule has 0 saturated carbocycles. The topological polar surface area (TPSA) is 71.8 Å². The number of rotatable bonds is 5. The van der Waals surface area contributed by atoms with Gasteiger partial charge in [0.05, 0.1) is 22.8 Å². The Morgan fingerprint density at radius 3 is 2.96 bits per heavy atom. The van der Waals surface area contributed by atoms with E-state index < -0.39 is 0 Å². The van der Waals surface area contributed by atoms with Gasteiger partial charge in [-0.25, -0.2) is 4.98 Å². The second-order valence-corrected chi connectivity index (χ2v) is 7.39. The zero-order chi connectivity index (χ0) is 16.4. The van der Waals surface area contributed by atoms with Crippen molar-refractivity contribution in [3.05, 3.63) is 33.5 Å². The van der Waals surface area contributed by atoms with E-state index in [0.29, 0.717) is 6.54 Å². The van der Waals surface area contributed by atoms with E-state index in [1.807, 2.05) is 33.3 Å². The molecule has 0 bridgehead atoms. The van der Waals surface area contributed by atoms with Gasteiger partial charge in [-0.3, -0.25) is 9.48 Å². The molecular formula is C16H23N5OS. The van der Waals surface area contributed by atoms with E-state index in [0.717, 1.165) is 35.8 Å². The van der Waals surface area contributed by atoms with Crippen molar-refractivity contribution >= 4 is 17.2 Å². The van der Waals surface area contributed by atoms with E-state index in [9.17, 15) is 4.79 Å². The molecule has 2 N–H and O–H groups in total. The molecule has 0 aliphatic carbocycles. The Morgan fingerprint density at radius 1 is 1.48 bits per heavy atom. The summed E-state index contributed by atoms with van der Waals surface area (Å²) < 4.78 is 1.79. The van der Waals surface area contributed by atoms with Gasteiger partial charge in [0.2, 0.25) is 5.91 Å². The molecule has 2 aromatic heterocycles. The van der Waals surface area contributed by atoms with Crippen molar-refractivity contribution in [1.82, 2.24) is 25.4 Å². The van der Waals surface area contributed by atoms with E-state index >= 15 is 0 Å². The number of aromatic nitrogens is 3. The molecule has 2 atom stereocenters. The molecule has 7 heteroatoms. The highest BCUT2D eigenvalue weighted by Gasteiger charge is 2.34. The quantitative estimate of drug-likeness (QED) is 0.861. The van der Waals surface area contributed by atoms with Crippen LogP contribution in [-0.2, 0) is 18.3 Å². The van der Waals surface area contributed by atoms with Gasteiger partial charge in [0.15, 0.2) is 0 Å². The van der Waals surface area contributed by atoms with Crippen LogP contribution in [0.3, 0.4) is 0 Å². The van der Waals surface area contributed by atoms with Crippen molar-refractivity contribution < 1.29 is 4.79 Å². The van der Waals surface area contributed by atoms with Crippen molar-refractivity contribution in [2.45, 2.75) is 26.2 Å². The molecule has 1 aliphatic heterocycles. The molecule has 0 spiro atoms. The summed E-state index contributed by atoms with van der Waals surface area (Å²) in [5.74, 6) is 0.308. The van der Waals surface area contributed by atoms with Crippen LogP contribution in [-0.4, -0.2) is 40.3 Å². The smallest absolute Gasteiger partial charge is 0.225 e. The average Bonchev–Trinajstić information content (AvgIpc) is 3.19. The fraction of sp³-hybridized carbons (Fsp3) is 0.562. The van der Waals surface area contributed by atoms with Crippen LogP contribution >= 0.6 is 11.3 Å². The second kappa shape index (κ2) is 6.80. The maximum Gasteiger partial charge on any atom is 0.225 e. The molecule has 0 radical (unpaired) electrons. The lowest BCUT2D eigenvalue weighted by Gasteiger charge is -2.16. The number of carbonyl (C=O) groups is 1. The predicted octanol–water partition coefficient (Wildman–Crippen LogP) is 1.16. The van der Waals surface area contributed by atoms with Crippen LogP contribution in [0.2, 0.25) is 0 Å². The fourth-order valence-electron chi connectivity index (χ4n) is 3.17. The summed E-state index contributed by atoms with van der Waals surface area (Å²) in [6.45, 7) is 6.26. The first-order chi connectivity index (χ1) is 11.0. The summed E-state index contributed by atoms with van der Waals surface area (Å²) in [6, 6.07) is 0. The summed E-state index contributed by atoms with van der Waals surface area (Å²) in [4.78, 5) is 18.2. The monoisotopic (exact) mass is 333 g/mol. The molecule has 0 unspecified atom stereocenters. The minimum atomic E-state index is -0.0245. The summed E-state index contributed by atoms with van der Waals surface area (Å²) in [5, 5.41) is 11.7. The first-order valence-corrected chi connectivity index (χ1v) is 8.76. The Bertz CT molecular complexity index is 692. The van der Waals surface area contributed by atoms with E-state index in [-0.39, 0.29) is 17.7 Å². The molecular weight excluding hydrogens is 310 g/mol. The van der Waals surface area contributed by atoms with Crippen LogP contribution in [0.25, 0.3) is 0 Å². The zero-order valence-electron chi connectivity index (χ0n) is 13.8. The third-order valence-corrected chi connectivity index (χ3v) is 5.49. The lowest BCUT2D eigenvalue weighted by molar-refractivity contribution is -0.124. The summed E-state index contributed by atoms with van der Waals surface area (Å²) in [7, 11) is 1.90. The summed E-state index contributed by atoms with van der Waals surface area (Å²) >= 11 is 1.71. The Labute approximate surface area is 140 Å². The molecule has 124 valence electrons. The van der Waals surface area contributed by atoms with Gasteiger partial charge in [-0.15, -0.1) is 11.3 Å². The third-order valence-electron chi connectivity index (χ3n) is 4.35. The number of carbonyl (C=O) groups excluding carboxylic acids is 1. The zero-order valence-corrected chi connectivity index (χ0v) is 14.6. The van der Waals surface area contributed by atoms with Crippen molar-refractivity contribution in [2.75, 3.05) is 19.6 Å². The predicted molar refractivity (Wildman–Crippen MR) is 90.6 cm³/mol. The maximum atomic E-state index is 12.5. The van der Waals surface area contributed by atoms with E-state index in [2.05, 4.69) is 20.7 Å². The van der Waals surface area contributed by atoms with E-state index in [1.165, 1.54) is 4.88 Å².